The highest BCUT2D eigenvalue weighted by Gasteiger charge is 2.26. The maximum Gasteiger partial charge on any atom is 0.529 e. The topological polar surface area (TPSA) is 44.8 Å². The smallest absolute Gasteiger partial charge is 0.409 e. The molecule has 4 nitrogen and oxygen atoms in total. The molecule has 0 atom stereocenters. The standard InChI is InChI=1S/C8H17O4P/c1-5-8(4)12-13(9,10-6-2)11-7-3/h5H,6-7H2,1-4H3. The van der Waals surface area contributed by atoms with Crippen molar-refractivity contribution in [3.8, 4) is 0 Å². The van der Waals surface area contributed by atoms with Crippen molar-refractivity contribution in [2.75, 3.05) is 13.2 Å². The third-order valence-corrected chi connectivity index (χ3v) is 2.90. The van der Waals surface area contributed by atoms with Crippen molar-refractivity contribution in [2.45, 2.75) is 27.7 Å². The van der Waals surface area contributed by atoms with E-state index in [0.29, 0.717) is 19.0 Å². The van der Waals surface area contributed by atoms with E-state index in [0.717, 1.165) is 0 Å². The summed E-state index contributed by atoms with van der Waals surface area (Å²) in [5.41, 5.74) is 0. The van der Waals surface area contributed by atoms with Crippen LogP contribution in [-0.2, 0) is 18.1 Å². The van der Waals surface area contributed by atoms with E-state index in [9.17, 15) is 4.57 Å². The van der Waals surface area contributed by atoms with Crippen molar-refractivity contribution in [3.05, 3.63) is 11.8 Å². The molecule has 0 fully saturated rings. The van der Waals surface area contributed by atoms with Crippen LogP contribution in [0.4, 0.5) is 0 Å². The molecule has 0 aromatic carbocycles. The minimum Gasteiger partial charge on any atom is -0.409 e. The fourth-order valence-corrected chi connectivity index (χ4v) is 1.91. The molecular weight excluding hydrogens is 191 g/mol. The lowest BCUT2D eigenvalue weighted by Crippen LogP contribution is -1.98. The van der Waals surface area contributed by atoms with Crippen LogP contribution in [0.2, 0.25) is 0 Å². The van der Waals surface area contributed by atoms with E-state index in [1.807, 2.05) is 0 Å². The molecule has 0 saturated heterocycles. The van der Waals surface area contributed by atoms with Gasteiger partial charge in [-0.15, -0.1) is 0 Å². The predicted octanol–water partition coefficient (Wildman–Crippen LogP) is 3.11. The van der Waals surface area contributed by atoms with Gasteiger partial charge in [-0.2, -0.15) is 0 Å². The molecule has 0 bridgehead atoms. The fourth-order valence-electron chi connectivity index (χ4n) is 0.635. The Labute approximate surface area is 79.5 Å². The Bertz CT molecular complexity index is 202. The van der Waals surface area contributed by atoms with Gasteiger partial charge in [0.1, 0.15) is 5.76 Å². The number of hydrogen-bond acceptors (Lipinski definition) is 4. The average molecular weight is 208 g/mol. The molecule has 0 aliphatic carbocycles. The zero-order valence-electron chi connectivity index (χ0n) is 8.57. The molecule has 5 heteroatoms. The third kappa shape index (κ3) is 5.09. The highest BCUT2D eigenvalue weighted by atomic mass is 31.2. The van der Waals surface area contributed by atoms with Gasteiger partial charge in [0, 0.05) is 0 Å². The second-order valence-corrected chi connectivity index (χ2v) is 3.87. The summed E-state index contributed by atoms with van der Waals surface area (Å²) in [7, 11) is -3.36. The minimum atomic E-state index is -3.36. The minimum absolute atomic E-state index is 0.300. The zero-order chi connectivity index (χ0) is 10.3. The first-order valence-electron chi connectivity index (χ1n) is 4.29. The first-order chi connectivity index (χ1) is 6.08. The van der Waals surface area contributed by atoms with Crippen LogP contribution in [-0.4, -0.2) is 13.2 Å². The largest absolute Gasteiger partial charge is 0.529 e. The number of phosphoric acid groups is 1. The number of rotatable bonds is 6. The van der Waals surface area contributed by atoms with E-state index in [4.69, 9.17) is 13.6 Å². The Morgan fingerprint density at radius 1 is 1.31 bits per heavy atom. The molecule has 0 heterocycles. The summed E-state index contributed by atoms with van der Waals surface area (Å²) >= 11 is 0. The van der Waals surface area contributed by atoms with Crippen LogP contribution in [0.3, 0.4) is 0 Å². The maximum atomic E-state index is 11.7. The predicted molar refractivity (Wildman–Crippen MR) is 51.4 cm³/mol. The SMILES string of the molecule is CC=C(C)OP(=O)(OCC)OCC. The van der Waals surface area contributed by atoms with Gasteiger partial charge in [0.15, 0.2) is 0 Å². The number of phosphoric ester groups is 1. The second-order valence-electron chi connectivity index (χ2n) is 2.27. The summed E-state index contributed by atoms with van der Waals surface area (Å²) in [6.07, 6.45) is 1.70. The van der Waals surface area contributed by atoms with Crippen LogP contribution in [0, 0.1) is 0 Å². The van der Waals surface area contributed by atoms with Gasteiger partial charge in [0.2, 0.25) is 0 Å². The second kappa shape index (κ2) is 6.19. The third-order valence-electron chi connectivity index (χ3n) is 1.24. The highest BCUT2D eigenvalue weighted by Crippen LogP contribution is 2.50. The average Bonchev–Trinajstić information content (AvgIpc) is 2.04. The van der Waals surface area contributed by atoms with Crippen LogP contribution in [0.15, 0.2) is 11.8 Å². The van der Waals surface area contributed by atoms with E-state index < -0.39 is 7.82 Å². The van der Waals surface area contributed by atoms with Crippen LogP contribution in [0.1, 0.15) is 27.7 Å². The van der Waals surface area contributed by atoms with Gasteiger partial charge in [0.05, 0.1) is 13.2 Å². The quantitative estimate of drug-likeness (QED) is 0.497. The van der Waals surface area contributed by atoms with Gasteiger partial charge in [0.25, 0.3) is 0 Å². The molecule has 0 saturated carbocycles. The molecule has 0 aromatic rings. The normalized spacial score (nSPS) is 13.1. The first-order valence-corrected chi connectivity index (χ1v) is 5.75. The summed E-state index contributed by atoms with van der Waals surface area (Å²) in [6.45, 7) is 7.56. The molecule has 78 valence electrons. The van der Waals surface area contributed by atoms with Crippen molar-refractivity contribution in [1.82, 2.24) is 0 Å². The lowest BCUT2D eigenvalue weighted by Gasteiger charge is -2.16. The van der Waals surface area contributed by atoms with Crippen LogP contribution < -0.4 is 0 Å². The molecule has 0 amide bonds. The van der Waals surface area contributed by atoms with Crippen LogP contribution in [0.25, 0.3) is 0 Å². The van der Waals surface area contributed by atoms with Gasteiger partial charge in [-0.3, -0.25) is 9.05 Å². The van der Waals surface area contributed by atoms with E-state index in [1.54, 1.807) is 33.8 Å². The van der Waals surface area contributed by atoms with E-state index in [-0.39, 0.29) is 0 Å². The van der Waals surface area contributed by atoms with Gasteiger partial charge in [-0.1, -0.05) is 0 Å². The molecule has 13 heavy (non-hydrogen) atoms. The number of allylic oxidation sites excluding steroid dienone is 2. The van der Waals surface area contributed by atoms with Gasteiger partial charge < -0.3 is 4.52 Å². The zero-order valence-corrected chi connectivity index (χ0v) is 9.47. The van der Waals surface area contributed by atoms with Gasteiger partial charge in [-0.05, 0) is 33.8 Å². The molecule has 0 aliphatic rings. The summed E-state index contributed by atoms with van der Waals surface area (Å²) in [6, 6.07) is 0. The Morgan fingerprint density at radius 2 is 1.77 bits per heavy atom. The molecule has 0 aliphatic heterocycles. The molecule has 0 radical (unpaired) electrons. The van der Waals surface area contributed by atoms with Crippen molar-refractivity contribution in [2.24, 2.45) is 0 Å². The fraction of sp³-hybridized carbons (Fsp3) is 0.750. The van der Waals surface area contributed by atoms with E-state index >= 15 is 0 Å². The molecule has 0 N–H and O–H groups in total. The molecular formula is C8H17O4P. The van der Waals surface area contributed by atoms with E-state index in [1.165, 1.54) is 0 Å². The van der Waals surface area contributed by atoms with Crippen molar-refractivity contribution < 1.29 is 18.1 Å². The lowest BCUT2D eigenvalue weighted by atomic mass is 10.5. The molecule has 0 spiro atoms. The van der Waals surface area contributed by atoms with Gasteiger partial charge >= 0.3 is 7.82 Å². The van der Waals surface area contributed by atoms with Crippen LogP contribution in [0.5, 0.6) is 0 Å². The number of hydrogen-bond donors (Lipinski definition) is 0. The monoisotopic (exact) mass is 208 g/mol. The van der Waals surface area contributed by atoms with Crippen molar-refractivity contribution in [3.63, 3.8) is 0 Å². The molecule has 0 aromatic heterocycles. The summed E-state index contributed by atoms with van der Waals surface area (Å²) in [5.74, 6) is 0.533. The molecule has 0 unspecified atom stereocenters. The first kappa shape index (κ1) is 12.7. The summed E-state index contributed by atoms with van der Waals surface area (Å²) < 4.78 is 26.5. The van der Waals surface area contributed by atoms with Gasteiger partial charge in [-0.25, -0.2) is 4.57 Å². The highest BCUT2D eigenvalue weighted by molar-refractivity contribution is 7.48. The Kier molecular flexibility index (Phi) is 6.04. The summed E-state index contributed by atoms with van der Waals surface area (Å²) in [5, 5.41) is 0. The Hall–Kier alpha value is -0.310. The maximum absolute atomic E-state index is 11.7. The Morgan fingerprint density at radius 3 is 2.08 bits per heavy atom. The van der Waals surface area contributed by atoms with Crippen LogP contribution >= 0.6 is 7.82 Å². The van der Waals surface area contributed by atoms with Crippen molar-refractivity contribution in [1.29, 1.82) is 0 Å². The lowest BCUT2D eigenvalue weighted by molar-refractivity contribution is 0.146. The Balaban J connectivity index is 4.32. The van der Waals surface area contributed by atoms with Crippen molar-refractivity contribution >= 4 is 7.82 Å². The summed E-state index contributed by atoms with van der Waals surface area (Å²) in [4.78, 5) is 0. The molecule has 0 rings (SSSR count). The van der Waals surface area contributed by atoms with E-state index in [2.05, 4.69) is 0 Å².